The summed E-state index contributed by atoms with van der Waals surface area (Å²) in [5, 5.41) is 0. The van der Waals surface area contributed by atoms with Crippen LogP contribution in [0.5, 0.6) is 0 Å². The van der Waals surface area contributed by atoms with Gasteiger partial charge in [-0.2, -0.15) is 0 Å². The standard InChI is InChI=1S/C14H27P/c1-3-5-7-9-11-13-15-14-12-10-8-6-4-2/h11-15H,3-10H2,1-2H3. The molecule has 0 amide bonds. The largest absolute Gasteiger partial charge is 0.0840 e. The fourth-order valence-electron chi connectivity index (χ4n) is 1.38. The predicted octanol–water partition coefficient (Wildman–Crippen LogP) is 5.85. The monoisotopic (exact) mass is 226 g/mol. The van der Waals surface area contributed by atoms with Crippen LogP contribution in [0.3, 0.4) is 0 Å². The van der Waals surface area contributed by atoms with Crippen LogP contribution in [0.15, 0.2) is 23.8 Å². The second kappa shape index (κ2) is 13.9. The molecule has 0 saturated carbocycles. The van der Waals surface area contributed by atoms with Crippen LogP contribution < -0.4 is 0 Å². The van der Waals surface area contributed by atoms with Gasteiger partial charge in [0.2, 0.25) is 0 Å². The highest BCUT2D eigenvalue weighted by molar-refractivity contribution is 7.45. The van der Waals surface area contributed by atoms with Crippen molar-refractivity contribution in [3.8, 4) is 0 Å². The molecule has 0 aromatic heterocycles. The van der Waals surface area contributed by atoms with E-state index in [1.165, 1.54) is 51.4 Å². The van der Waals surface area contributed by atoms with E-state index in [0.29, 0.717) is 0 Å². The third-order valence-electron chi connectivity index (χ3n) is 2.38. The van der Waals surface area contributed by atoms with Crippen LogP contribution in [-0.2, 0) is 0 Å². The van der Waals surface area contributed by atoms with Crippen molar-refractivity contribution in [1.82, 2.24) is 0 Å². The van der Waals surface area contributed by atoms with E-state index in [-0.39, 0.29) is 0 Å². The molecule has 0 N–H and O–H groups in total. The van der Waals surface area contributed by atoms with E-state index in [0.717, 1.165) is 8.58 Å². The van der Waals surface area contributed by atoms with Crippen LogP contribution in [0.4, 0.5) is 0 Å². The Kier molecular flexibility index (Phi) is 13.8. The number of allylic oxidation sites excluding steroid dienone is 2. The maximum Gasteiger partial charge on any atom is -0.0347 e. The van der Waals surface area contributed by atoms with Crippen LogP contribution in [0, 0.1) is 0 Å². The Morgan fingerprint density at radius 2 is 1.20 bits per heavy atom. The molecule has 0 aliphatic carbocycles. The lowest BCUT2D eigenvalue weighted by Crippen LogP contribution is -1.69. The molecule has 15 heavy (non-hydrogen) atoms. The van der Waals surface area contributed by atoms with E-state index in [1.54, 1.807) is 0 Å². The number of hydrogen-bond acceptors (Lipinski definition) is 0. The molecule has 0 aliphatic rings. The first-order valence-corrected chi connectivity index (χ1v) is 7.63. The lowest BCUT2D eigenvalue weighted by Gasteiger charge is -1.92. The number of hydrogen-bond donors (Lipinski definition) is 0. The lowest BCUT2D eigenvalue weighted by molar-refractivity contribution is 0.729. The maximum atomic E-state index is 2.34. The van der Waals surface area contributed by atoms with Crippen molar-refractivity contribution in [1.29, 1.82) is 0 Å². The Bertz CT molecular complexity index is 141. The summed E-state index contributed by atoms with van der Waals surface area (Å²) < 4.78 is 0. The van der Waals surface area contributed by atoms with E-state index >= 15 is 0 Å². The molecule has 0 unspecified atom stereocenters. The summed E-state index contributed by atoms with van der Waals surface area (Å²) in [5.41, 5.74) is 0. The highest BCUT2D eigenvalue weighted by atomic mass is 31.1. The normalized spacial score (nSPS) is 12.7. The van der Waals surface area contributed by atoms with E-state index in [4.69, 9.17) is 0 Å². The molecule has 0 heterocycles. The molecule has 0 spiro atoms. The van der Waals surface area contributed by atoms with Crippen LogP contribution in [0.25, 0.3) is 0 Å². The van der Waals surface area contributed by atoms with E-state index in [2.05, 4.69) is 37.6 Å². The molecule has 0 aromatic carbocycles. The van der Waals surface area contributed by atoms with Crippen molar-refractivity contribution >= 4 is 8.58 Å². The Morgan fingerprint density at radius 1 is 0.733 bits per heavy atom. The number of unbranched alkanes of at least 4 members (excludes halogenated alkanes) is 6. The van der Waals surface area contributed by atoms with Crippen molar-refractivity contribution in [3.63, 3.8) is 0 Å². The van der Waals surface area contributed by atoms with Crippen molar-refractivity contribution < 1.29 is 0 Å². The summed E-state index contributed by atoms with van der Waals surface area (Å²) in [6, 6.07) is 0. The van der Waals surface area contributed by atoms with Gasteiger partial charge in [0.1, 0.15) is 0 Å². The molecule has 1 heteroatoms. The van der Waals surface area contributed by atoms with Gasteiger partial charge in [0, 0.05) is 0 Å². The zero-order chi connectivity index (χ0) is 11.2. The molecular formula is C14H27P. The molecule has 0 radical (unpaired) electrons. The first-order chi connectivity index (χ1) is 7.41. The Labute approximate surface area is 98.0 Å². The smallest absolute Gasteiger partial charge is 0.0347 e. The first-order valence-electron chi connectivity index (χ1n) is 6.47. The van der Waals surface area contributed by atoms with Crippen LogP contribution in [-0.4, -0.2) is 0 Å². The molecule has 0 aromatic rings. The Balaban J connectivity index is 3.14. The third-order valence-corrected chi connectivity index (χ3v) is 3.23. The SMILES string of the molecule is CCCCCC=CPC=CCCCCC. The van der Waals surface area contributed by atoms with Gasteiger partial charge in [0.25, 0.3) is 0 Å². The molecule has 0 fully saturated rings. The van der Waals surface area contributed by atoms with Crippen molar-refractivity contribution in [2.24, 2.45) is 0 Å². The van der Waals surface area contributed by atoms with E-state index in [1.807, 2.05) is 0 Å². The average molecular weight is 226 g/mol. The zero-order valence-electron chi connectivity index (χ0n) is 10.5. The molecule has 0 rings (SSSR count). The first kappa shape index (κ1) is 14.9. The summed E-state index contributed by atoms with van der Waals surface area (Å²) in [6.07, 6.45) is 15.3. The second-order valence-electron chi connectivity index (χ2n) is 3.96. The van der Waals surface area contributed by atoms with Gasteiger partial charge in [-0.1, -0.05) is 71.9 Å². The van der Waals surface area contributed by atoms with Gasteiger partial charge in [-0.05, 0) is 25.7 Å². The minimum absolute atomic E-state index is 0.895. The Hall–Kier alpha value is -0.0900. The van der Waals surface area contributed by atoms with Crippen LogP contribution >= 0.6 is 8.58 Å². The molecular weight excluding hydrogens is 199 g/mol. The van der Waals surface area contributed by atoms with Gasteiger partial charge in [-0.25, -0.2) is 0 Å². The van der Waals surface area contributed by atoms with E-state index < -0.39 is 0 Å². The molecule has 0 aliphatic heterocycles. The van der Waals surface area contributed by atoms with Gasteiger partial charge in [0.05, 0.1) is 0 Å². The van der Waals surface area contributed by atoms with Gasteiger partial charge in [-0.15, -0.1) is 0 Å². The summed E-state index contributed by atoms with van der Waals surface area (Å²) in [7, 11) is 0.895. The highest BCUT2D eigenvalue weighted by Crippen LogP contribution is 2.15. The van der Waals surface area contributed by atoms with Gasteiger partial charge >= 0.3 is 0 Å². The fourth-order valence-corrected chi connectivity index (χ4v) is 2.10. The summed E-state index contributed by atoms with van der Waals surface area (Å²) >= 11 is 0. The van der Waals surface area contributed by atoms with Crippen LogP contribution in [0.2, 0.25) is 0 Å². The fraction of sp³-hybridized carbons (Fsp3) is 0.714. The zero-order valence-corrected chi connectivity index (χ0v) is 11.5. The lowest BCUT2D eigenvalue weighted by atomic mass is 10.2. The van der Waals surface area contributed by atoms with E-state index in [9.17, 15) is 0 Å². The molecule has 0 bridgehead atoms. The Morgan fingerprint density at radius 3 is 1.60 bits per heavy atom. The van der Waals surface area contributed by atoms with Gasteiger partial charge in [-0.3, -0.25) is 0 Å². The summed E-state index contributed by atoms with van der Waals surface area (Å²) in [5.74, 6) is 4.65. The minimum Gasteiger partial charge on any atom is -0.0840 e. The van der Waals surface area contributed by atoms with Crippen LogP contribution in [0.1, 0.15) is 65.2 Å². The predicted molar refractivity (Wildman–Crippen MR) is 74.9 cm³/mol. The minimum atomic E-state index is 0.895. The molecule has 88 valence electrons. The summed E-state index contributed by atoms with van der Waals surface area (Å²) in [4.78, 5) is 0. The van der Waals surface area contributed by atoms with Crippen molar-refractivity contribution in [2.45, 2.75) is 65.2 Å². The van der Waals surface area contributed by atoms with Gasteiger partial charge < -0.3 is 0 Å². The average Bonchev–Trinajstić information content (AvgIpc) is 2.26. The van der Waals surface area contributed by atoms with Crippen molar-refractivity contribution in [3.05, 3.63) is 23.8 Å². The molecule has 0 saturated heterocycles. The highest BCUT2D eigenvalue weighted by Gasteiger charge is 1.82. The van der Waals surface area contributed by atoms with Gasteiger partial charge in [0.15, 0.2) is 0 Å². The third kappa shape index (κ3) is 13.9. The molecule has 0 nitrogen and oxygen atoms in total. The molecule has 0 atom stereocenters. The number of rotatable bonds is 10. The second-order valence-corrected chi connectivity index (χ2v) is 4.96. The van der Waals surface area contributed by atoms with Crippen molar-refractivity contribution in [2.75, 3.05) is 0 Å². The summed E-state index contributed by atoms with van der Waals surface area (Å²) in [6.45, 7) is 4.51. The topological polar surface area (TPSA) is 0 Å². The quantitative estimate of drug-likeness (QED) is 0.323. The maximum absolute atomic E-state index is 2.34.